The Morgan fingerprint density at radius 2 is 1.67 bits per heavy atom. The molecule has 2 unspecified atom stereocenters. The number of halogens is 4. The van der Waals surface area contributed by atoms with Crippen LogP contribution in [0.3, 0.4) is 0 Å². The zero-order valence-electron chi connectivity index (χ0n) is 27.4. The van der Waals surface area contributed by atoms with Gasteiger partial charge < -0.3 is 15.1 Å². The van der Waals surface area contributed by atoms with Gasteiger partial charge in [-0.05, 0) is 69.0 Å². The minimum absolute atomic E-state index is 0.00500. The summed E-state index contributed by atoms with van der Waals surface area (Å²) in [7, 11) is 5.36. The second kappa shape index (κ2) is 14.4. The number of para-hydroxylation sites is 1. The van der Waals surface area contributed by atoms with Crippen molar-refractivity contribution in [1.29, 1.82) is 0 Å². The highest BCUT2D eigenvalue weighted by molar-refractivity contribution is 6.05. The first-order chi connectivity index (χ1) is 23.3. The Morgan fingerprint density at radius 3 is 2.31 bits per heavy atom. The summed E-state index contributed by atoms with van der Waals surface area (Å²) in [4.78, 5) is 46.0. The summed E-state index contributed by atoms with van der Waals surface area (Å²) >= 11 is 0. The third kappa shape index (κ3) is 7.56. The van der Waals surface area contributed by atoms with Gasteiger partial charge in [0.25, 0.3) is 11.8 Å². The zero-order chi connectivity index (χ0) is 35.5. The van der Waals surface area contributed by atoms with Gasteiger partial charge in [0, 0.05) is 43.3 Å². The van der Waals surface area contributed by atoms with Crippen molar-refractivity contribution in [2.75, 3.05) is 39.1 Å². The van der Waals surface area contributed by atoms with Crippen molar-refractivity contribution >= 4 is 23.5 Å². The number of nitrogens with zero attached hydrogens (tertiary/aromatic N) is 5. The first-order valence-electron chi connectivity index (χ1n) is 15.6. The second-order valence-electron chi connectivity index (χ2n) is 11.9. The summed E-state index contributed by atoms with van der Waals surface area (Å²) in [5.74, 6) is -2.81. The number of hydrogen-bond donors (Lipinski definition) is 1. The summed E-state index contributed by atoms with van der Waals surface area (Å²) in [5.41, 5.74) is 0.693. The fourth-order valence-electron chi connectivity index (χ4n) is 5.83. The Morgan fingerprint density at radius 1 is 0.980 bits per heavy atom. The molecule has 1 aromatic heterocycles. The molecule has 0 bridgehead atoms. The molecule has 0 saturated heterocycles. The van der Waals surface area contributed by atoms with E-state index in [0.717, 1.165) is 18.2 Å². The van der Waals surface area contributed by atoms with Crippen LogP contribution in [0, 0.1) is 5.82 Å². The van der Waals surface area contributed by atoms with Gasteiger partial charge in [0.2, 0.25) is 5.91 Å². The van der Waals surface area contributed by atoms with Crippen LogP contribution in [-0.4, -0.2) is 77.6 Å². The van der Waals surface area contributed by atoms with Crippen molar-refractivity contribution in [1.82, 2.24) is 24.9 Å². The average Bonchev–Trinajstić information content (AvgIpc) is 3.43. The largest absolute Gasteiger partial charge is 0.416 e. The van der Waals surface area contributed by atoms with Gasteiger partial charge in [-0.15, -0.1) is 0 Å². The van der Waals surface area contributed by atoms with Crippen molar-refractivity contribution in [2.24, 2.45) is 0 Å². The quantitative estimate of drug-likeness (QED) is 0.180. The van der Waals surface area contributed by atoms with Crippen molar-refractivity contribution in [3.05, 3.63) is 125 Å². The Hall–Kier alpha value is -5.30. The minimum atomic E-state index is -4.69. The molecule has 0 aliphatic carbocycles. The molecular weight excluding hydrogens is 640 g/mol. The van der Waals surface area contributed by atoms with E-state index < -0.39 is 41.3 Å². The normalized spacial score (nSPS) is 16.3. The highest BCUT2D eigenvalue weighted by Crippen LogP contribution is 2.44. The lowest BCUT2D eigenvalue weighted by atomic mass is 9.80. The number of alkyl halides is 3. The molecule has 1 N–H and O–H groups in total. The van der Waals surface area contributed by atoms with E-state index in [2.05, 4.69) is 5.32 Å². The number of amides is 3. The first kappa shape index (κ1) is 35.0. The lowest BCUT2D eigenvalue weighted by molar-refractivity contribution is -0.137. The number of hydrogen-bond acceptors (Lipinski definition) is 5. The van der Waals surface area contributed by atoms with Crippen LogP contribution < -0.4 is 10.2 Å². The highest BCUT2D eigenvalue weighted by atomic mass is 19.4. The number of carbonyl (C=O) groups excluding carboxylic acids is 3. The maximum atomic E-state index is 14.4. The third-order valence-electron chi connectivity index (χ3n) is 8.18. The minimum Gasteiger partial charge on any atom is -0.339 e. The van der Waals surface area contributed by atoms with E-state index in [1.807, 2.05) is 49.3 Å². The van der Waals surface area contributed by atoms with Gasteiger partial charge in [-0.1, -0.05) is 42.5 Å². The predicted molar refractivity (Wildman–Crippen MR) is 177 cm³/mol. The Balaban J connectivity index is 1.68. The van der Waals surface area contributed by atoms with Gasteiger partial charge in [-0.2, -0.15) is 18.3 Å². The van der Waals surface area contributed by atoms with E-state index in [0.29, 0.717) is 34.9 Å². The maximum Gasteiger partial charge on any atom is 0.416 e. The SMILES string of the molecule is CCN1C(=O)C(NC(=O)c2cccc(C(F)(F)F)c2)C(c2ccc(F)cc2)c2c(CN(C)C(=O)/C=C/CN(C)C)nn(-c3ccccc3)c21. The Bertz CT molecular complexity index is 1850. The lowest BCUT2D eigenvalue weighted by Gasteiger charge is -2.38. The van der Waals surface area contributed by atoms with Crippen LogP contribution in [0.5, 0.6) is 0 Å². The molecule has 1 aliphatic rings. The first-order valence-corrected chi connectivity index (χ1v) is 15.6. The molecule has 2 heterocycles. The topological polar surface area (TPSA) is 90.8 Å². The average molecular weight is 677 g/mol. The monoisotopic (exact) mass is 676 g/mol. The molecule has 2 atom stereocenters. The number of fused-ring (bicyclic) bond motifs is 1. The van der Waals surface area contributed by atoms with Crippen molar-refractivity contribution < 1.29 is 31.9 Å². The Kier molecular flexibility index (Phi) is 10.3. The third-order valence-corrected chi connectivity index (χ3v) is 8.18. The van der Waals surface area contributed by atoms with Gasteiger partial charge in [-0.3, -0.25) is 19.3 Å². The molecule has 13 heteroatoms. The lowest BCUT2D eigenvalue weighted by Crippen LogP contribution is -2.55. The van der Waals surface area contributed by atoms with Crippen LogP contribution in [-0.2, 0) is 22.3 Å². The molecule has 256 valence electrons. The summed E-state index contributed by atoms with van der Waals surface area (Å²) in [5, 5.41) is 7.61. The molecule has 9 nitrogen and oxygen atoms in total. The molecule has 0 fully saturated rings. The molecule has 4 aromatic rings. The maximum absolute atomic E-state index is 14.4. The summed E-state index contributed by atoms with van der Waals surface area (Å²) < 4.78 is 56.4. The predicted octanol–water partition coefficient (Wildman–Crippen LogP) is 5.40. The summed E-state index contributed by atoms with van der Waals surface area (Å²) in [6, 6.07) is 17.1. The molecule has 3 aromatic carbocycles. The number of likely N-dealkylation sites (N-methyl/N-ethyl adjacent to an activating group) is 3. The molecule has 0 radical (unpaired) electrons. The van der Waals surface area contributed by atoms with Crippen molar-refractivity contribution in [3.63, 3.8) is 0 Å². The fourth-order valence-corrected chi connectivity index (χ4v) is 5.83. The van der Waals surface area contributed by atoms with E-state index in [1.165, 1.54) is 46.2 Å². The van der Waals surface area contributed by atoms with Crippen LogP contribution in [0.15, 0.2) is 91.0 Å². The van der Waals surface area contributed by atoms with Gasteiger partial charge in [-0.25, -0.2) is 9.07 Å². The number of carbonyl (C=O) groups is 3. The fraction of sp³-hybridized carbons (Fsp3) is 0.278. The van der Waals surface area contributed by atoms with Gasteiger partial charge in [0.1, 0.15) is 17.7 Å². The smallest absolute Gasteiger partial charge is 0.339 e. The molecule has 3 amide bonds. The molecule has 5 rings (SSSR count). The molecule has 1 aliphatic heterocycles. The van der Waals surface area contributed by atoms with Gasteiger partial charge >= 0.3 is 6.18 Å². The van der Waals surface area contributed by atoms with Crippen molar-refractivity contribution in [2.45, 2.75) is 31.6 Å². The van der Waals surface area contributed by atoms with E-state index in [9.17, 15) is 31.9 Å². The van der Waals surface area contributed by atoms with Gasteiger partial charge in [0.15, 0.2) is 0 Å². The van der Waals surface area contributed by atoms with Gasteiger partial charge in [0.05, 0.1) is 23.5 Å². The van der Waals surface area contributed by atoms with Crippen molar-refractivity contribution in [3.8, 4) is 5.69 Å². The molecule has 49 heavy (non-hydrogen) atoms. The van der Waals surface area contributed by atoms with Crippen LogP contribution >= 0.6 is 0 Å². The Labute approximate surface area is 281 Å². The van der Waals surface area contributed by atoms with E-state index in [4.69, 9.17) is 5.10 Å². The number of anilines is 1. The van der Waals surface area contributed by atoms with E-state index >= 15 is 0 Å². The number of benzene rings is 3. The van der Waals surface area contributed by atoms with Crippen LogP contribution in [0.25, 0.3) is 5.69 Å². The van der Waals surface area contributed by atoms with E-state index in [1.54, 1.807) is 24.7 Å². The summed E-state index contributed by atoms with van der Waals surface area (Å²) in [6.07, 6.45) is -1.50. The number of aromatic nitrogens is 2. The zero-order valence-corrected chi connectivity index (χ0v) is 27.4. The molecule has 0 saturated carbocycles. The summed E-state index contributed by atoms with van der Waals surface area (Å²) in [6.45, 7) is 2.45. The number of rotatable bonds is 10. The highest BCUT2D eigenvalue weighted by Gasteiger charge is 2.46. The van der Waals surface area contributed by atoms with E-state index in [-0.39, 0.29) is 24.6 Å². The van der Waals surface area contributed by atoms with Crippen LogP contribution in [0.4, 0.5) is 23.4 Å². The second-order valence-corrected chi connectivity index (χ2v) is 11.9. The molecule has 0 spiro atoms. The van der Waals surface area contributed by atoms with Crippen LogP contribution in [0.1, 0.15) is 45.6 Å². The van der Waals surface area contributed by atoms with Crippen LogP contribution in [0.2, 0.25) is 0 Å². The molecular formula is C36H36F4N6O3. The number of nitrogens with one attached hydrogen (secondary N) is 1. The standard InChI is InChI=1S/C36H36F4N6O3/c1-5-45-34-31(28(42-46(34)27-13-7-6-8-14-27)22-44(4)29(47)15-10-20-43(2)3)30(23-16-18-26(37)19-17-23)32(35(45)49)41-33(48)24-11-9-12-25(21-24)36(38,39)40/h6-19,21,30,32H,5,20,22H2,1-4H3,(H,41,48)/b15-10+.